The van der Waals surface area contributed by atoms with Gasteiger partial charge in [0.15, 0.2) is 0 Å². The van der Waals surface area contributed by atoms with Crippen molar-refractivity contribution >= 4 is 27.4 Å². The SMILES string of the molecule is Nc1ncc(-c2ccc(S(=O)(=O)NCC3CC3)cc2)cc1-c1ccc2c(c1)NCCNC2=O. The van der Waals surface area contributed by atoms with Gasteiger partial charge in [-0.3, -0.25) is 4.79 Å². The quantitative estimate of drug-likeness (QED) is 0.445. The third kappa shape index (κ3) is 4.55. The van der Waals surface area contributed by atoms with Crippen molar-refractivity contribution in [2.24, 2.45) is 5.92 Å². The minimum atomic E-state index is -3.51. The van der Waals surface area contributed by atoms with Gasteiger partial charge in [0.25, 0.3) is 5.91 Å². The fraction of sp³-hybridized carbons (Fsp3) is 0.250. The van der Waals surface area contributed by atoms with Gasteiger partial charge in [-0.1, -0.05) is 18.2 Å². The van der Waals surface area contributed by atoms with Gasteiger partial charge in [0, 0.05) is 42.6 Å². The lowest BCUT2D eigenvalue weighted by Crippen LogP contribution is -2.25. The Kier molecular flexibility index (Phi) is 5.51. The Labute approximate surface area is 192 Å². The highest BCUT2D eigenvalue weighted by Crippen LogP contribution is 2.33. The molecule has 0 radical (unpaired) electrons. The predicted octanol–water partition coefficient (Wildman–Crippen LogP) is 2.84. The molecule has 3 aromatic rings. The lowest BCUT2D eigenvalue weighted by Gasteiger charge is -2.12. The largest absolute Gasteiger partial charge is 0.383 e. The van der Waals surface area contributed by atoms with Gasteiger partial charge in [-0.25, -0.2) is 18.1 Å². The first kappa shape index (κ1) is 21.4. The van der Waals surface area contributed by atoms with Crippen LogP contribution in [0.4, 0.5) is 11.5 Å². The fourth-order valence-electron chi connectivity index (χ4n) is 3.85. The Balaban J connectivity index is 1.43. The van der Waals surface area contributed by atoms with E-state index in [1.54, 1.807) is 36.5 Å². The maximum absolute atomic E-state index is 12.5. The molecule has 1 fully saturated rings. The molecule has 33 heavy (non-hydrogen) atoms. The minimum Gasteiger partial charge on any atom is -0.383 e. The molecule has 1 aliphatic heterocycles. The third-order valence-corrected chi connectivity index (χ3v) is 7.42. The number of rotatable bonds is 6. The molecule has 5 N–H and O–H groups in total. The smallest absolute Gasteiger partial charge is 0.253 e. The number of hydrogen-bond donors (Lipinski definition) is 4. The van der Waals surface area contributed by atoms with Crippen LogP contribution in [0, 0.1) is 5.92 Å². The van der Waals surface area contributed by atoms with E-state index < -0.39 is 10.0 Å². The molecule has 1 amide bonds. The molecule has 1 aromatic heterocycles. The fourth-order valence-corrected chi connectivity index (χ4v) is 4.96. The second-order valence-corrected chi connectivity index (χ2v) is 10.2. The molecule has 0 unspecified atom stereocenters. The second kappa shape index (κ2) is 8.49. The van der Waals surface area contributed by atoms with Crippen molar-refractivity contribution in [2.75, 3.05) is 30.7 Å². The van der Waals surface area contributed by atoms with E-state index in [0.29, 0.717) is 36.9 Å². The molecule has 1 saturated carbocycles. The minimum absolute atomic E-state index is 0.108. The van der Waals surface area contributed by atoms with Crippen LogP contribution in [-0.2, 0) is 10.0 Å². The van der Waals surface area contributed by atoms with E-state index in [2.05, 4.69) is 20.3 Å². The summed E-state index contributed by atoms with van der Waals surface area (Å²) >= 11 is 0. The van der Waals surface area contributed by atoms with Crippen LogP contribution in [0.5, 0.6) is 0 Å². The number of fused-ring (bicyclic) bond motifs is 1. The van der Waals surface area contributed by atoms with Crippen LogP contribution in [0.15, 0.2) is 59.6 Å². The molecular formula is C24H25N5O3S. The summed E-state index contributed by atoms with van der Waals surface area (Å²) in [5, 5.41) is 6.11. The van der Waals surface area contributed by atoms with Gasteiger partial charge < -0.3 is 16.4 Å². The maximum Gasteiger partial charge on any atom is 0.253 e. The Hall–Kier alpha value is -3.43. The Morgan fingerprint density at radius 2 is 1.67 bits per heavy atom. The monoisotopic (exact) mass is 463 g/mol. The topological polar surface area (TPSA) is 126 Å². The molecule has 2 aromatic carbocycles. The number of nitrogen functional groups attached to an aromatic ring is 1. The standard InChI is InChI=1S/C24H25N5O3S/c25-23-21(17-5-8-20-22(12-17)26-9-10-27-24(20)30)11-18(14-28-23)16-3-6-19(7-4-16)33(31,32)29-13-15-1-2-15/h3-8,11-12,14-15,26,29H,1-2,9-10,13H2,(H2,25,28)(H,27,30). The molecule has 2 aliphatic rings. The number of anilines is 2. The number of pyridine rings is 1. The molecule has 5 rings (SSSR count). The number of hydrogen-bond acceptors (Lipinski definition) is 6. The van der Waals surface area contributed by atoms with Gasteiger partial charge in [0.05, 0.1) is 10.5 Å². The van der Waals surface area contributed by atoms with Crippen molar-refractivity contribution in [1.82, 2.24) is 15.0 Å². The number of aromatic nitrogens is 1. The number of carbonyl (C=O) groups is 1. The predicted molar refractivity (Wildman–Crippen MR) is 128 cm³/mol. The highest BCUT2D eigenvalue weighted by atomic mass is 32.2. The summed E-state index contributed by atoms with van der Waals surface area (Å²) in [5.74, 6) is 0.735. The van der Waals surface area contributed by atoms with E-state index in [-0.39, 0.29) is 10.8 Å². The lowest BCUT2D eigenvalue weighted by atomic mass is 9.99. The van der Waals surface area contributed by atoms with Crippen molar-refractivity contribution < 1.29 is 13.2 Å². The molecule has 170 valence electrons. The molecule has 0 spiro atoms. The number of benzene rings is 2. The number of sulfonamides is 1. The number of nitrogens with zero attached hydrogens (tertiary/aromatic N) is 1. The van der Waals surface area contributed by atoms with Crippen LogP contribution in [0.3, 0.4) is 0 Å². The first-order chi connectivity index (χ1) is 15.9. The van der Waals surface area contributed by atoms with E-state index in [4.69, 9.17) is 5.73 Å². The van der Waals surface area contributed by atoms with Gasteiger partial charge in [-0.05, 0) is 60.2 Å². The van der Waals surface area contributed by atoms with Crippen molar-refractivity contribution in [2.45, 2.75) is 17.7 Å². The maximum atomic E-state index is 12.5. The van der Waals surface area contributed by atoms with E-state index in [9.17, 15) is 13.2 Å². The van der Waals surface area contributed by atoms with Crippen LogP contribution in [0.25, 0.3) is 22.3 Å². The number of nitrogens with one attached hydrogen (secondary N) is 3. The third-order valence-electron chi connectivity index (χ3n) is 5.98. The summed E-state index contributed by atoms with van der Waals surface area (Å²) in [6.45, 7) is 1.69. The van der Waals surface area contributed by atoms with Crippen LogP contribution >= 0.6 is 0 Å². The average Bonchev–Trinajstić information content (AvgIpc) is 3.66. The molecular weight excluding hydrogens is 438 g/mol. The van der Waals surface area contributed by atoms with Gasteiger partial charge in [-0.2, -0.15) is 0 Å². The van der Waals surface area contributed by atoms with Crippen molar-refractivity contribution in [3.05, 3.63) is 60.3 Å². The van der Waals surface area contributed by atoms with Crippen LogP contribution in [0.1, 0.15) is 23.2 Å². The summed E-state index contributed by atoms with van der Waals surface area (Å²) in [6.07, 6.45) is 3.84. The summed E-state index contributed by atoms with van der Waals surface area (Å²) in [7, 11) is -3.51. The zero-order valence-corrected chi connectivity index (χ0v) is 18.8. The van der Waals surface area contributed by atoms with Crippen LogP contribution in [-0.4, -0.2) is 38.9 Å². The van der Waals surface area contributed by atoms with Crippen LogP contribution in [0.2, 0.25) is 0 Å². The van der Waals surface area contributed by atoms with Crippen LogP contribution < -0.4 is 21.1 Å². The Morgan fingerprint density at radius 1 is 0.939 bits per heavy atom. The summed E-state index contributed by atoms with van der Waals surface area (Å²) < 4.78 is 27.6. The summed E-state index contributed by atoms with van der Waals surface area (Å²) in [6, 6.07) is 14.2. The molecule has 0 atom stereocenters. The van der Waals surface area contributed by atoms with Gasteiger partial charge in [0.2, 0.25) is 10.0 Å². The Bertz CT molecular complexity index is 1320. The number of amides is 1. The van der Waals surface area contributed by atoms with Crippen molar-refractivity contribution in [3.63, 3.8) is 0 Å². The first-order valence-corrected chi connectivity index (χ1v) is 12.4. The van der Waals surface area contributed by atoms with Gasteiger partial charge in [0.1, 0.15) is 5.82 Å². The molecule has 0 bridgehead atoms. The molecule has 0 saturated heterocycles. The zero-order chi connectivity index (χ0) is 23.0. The van der Waals surface area contributed by atoms with Crippen molar-refractivity contribution in [1.29, 1.82) is 0 Å². The summed E-state index contributed by atoms with van der Waals surface area (Å²) in [4.78, 5) is 16.8. The van der Waals surface area contributed by atoms with Gasteiger partial charge in [-0.15, -0.1) is 0 Å². The Morgan fingerprint density at radius 3 is 2.42 bits per heavy atom. The number of nitrogens with two attached hydrogens (primary N) is 1. The molecule has 8 nitrogen and oxygen atoms in total. The van der Waals surface area contributed by atoms with Gasteiger partial charge >= 0.3 is 0 Å². The zero-order valence-electron chi connectivity index (χ0n) is 18.0. The van der Waals surface area contributed by atoms with E-state index >= 15 is 0 Å². The normalized spacial score (nSPS) is 15.8. The first-order valence-electron chi connectivity index (χ1n) is 10.9. The number of carbonyl (C=O) groups excluding carboxylic acids is 1. The summed E-state index contributed by atoms with van der Waals surface area (Å²) in [5.41, 5.74) is 10.7. The van der Waals surface area contributed by atoms with Crippen molar-refractivity contribution in [3.8, 4) is 22.3 Å². The van der Waals surface area contributed by atoms with E-state index in [1.807, 2.05) is 18.2 Å². The molecule has 2 heterocycles. The lowest BCUT2D eigenvalue weighted by molar-refractivity contribution is 0.0958. The molecule has 9 heteroatoms. The second-order valence-electron chi connectivity index (χ2n) is 8.42. The average molecular weight is 464 g/mol. The highest BCUT2D eigenvalue weighted by molar-refractivity contribution is 7.89. The van der Waals surface area contributed by atoms with E-state index in [1.165, 1.54) is 0 Å². The highest BCUT2D eigenvalue weighted by Gasteiger charge is 2.24. The van der Waals surface area contributed by atoms with E-state index in [0.717, 1.165) is 40.8 Å². The molecule has 1 aliphatic carbocycles.